The minimum Gasteiger partial charge on any atom is -0.507 e. The number of pyridine rings is 1. The molecule has 168 valence electrons. The molecule has 1 aromatic heterocycles. The number of benzene rings is 2. The zero-order chi connectivity index (χ0) is 23.1. The van der Waals surface area contributed by atoms with Gasteiger partial charge in [-0.1, -0.05) is 18.2 Å². The highest BCUT2D eigenvalue weighted by Gasteiger charge is 2.20. The smallest absolute Gasteiger partial charge is 0.252 e. The Kier molecular flexibility index (Phi) is 7.57. The molecule has 0 aliphatic heterocycles. The van der Waals surface area contributed by atoms with Crippen LogP contribution in [0, 0.1) is 0 Å². The fourth-order valence-electron chi connectivity index (χ4n) is 3.20. The van der Waals surface area contributed by atoms with Crippen LogP contribution in [0.15, 0.2) is 76.8 Å². The maximum absolute atomic E-state index is 12.8. The summed E-state index contributed by atoms with van der Waals surface area (Å²) in [4.78, 5) is 15.3. The van der Waals surface area contributed by atoms with Crippen LogP contribution in [0.4, 0.5) is 0 Å². The third-order valence-electron chi connectivity index (χ3n) is 5.00. The van der Waals surface area contributed by atoms with Crippen molar-refractivity contribution in [2.24, 2.45) is 5.73 Å². The average molecular weight is 456 g/mol. The van der Waals surface area contributed by atoms with Gasteiger partial charge in [-0.15, -0.1) is 0 Å². The van der Waals surface area contributed by atoms with Gasteiger partial charge in [-0.2, -0.15) is 0 Å². The van der Waals surface area contributed by atoms with E-state index in [9.17, 15) is 23.4 Å². The summed E-state index contributed by atoms with van der Waals surface area (Å²) < 4.78 is 25.7. The van der Waals surface area contributed by atoms with Crippen molar-refractivity contribution in [3.63, 3.8) is 0 Å². The lowest BCUT2D eigenvalue weighted by molar-refractivity contribution is 0.0997. The van der Waals surface area contributed by atoms with E-state index < -0.39 is 21.8 Å². The number of hydrogen-bond donors (Lipinski definition) is 4. The Balaban J connectivity index is 1.54. The molecule has 0 saturated carbocycles. The summed E-state index contributed by atoms with van der Waals surface area (Å²) >= 11 is 0. The van der Waals surface area contributed by atoms with E-state index in [0.717, 1.165) is 36.1 Å². The number of aromatic hydroxyl groups is 1. The summed E-state index contributed by atoms with van der Waals surface area (Å²) in [7, 11) is -3.86. The Morgan fingerprint density at radius 1 is 1.09 bits per heavy atom. The lowest BCUT2D eigenvalue weighted by Crippen LogP contribution is -2.23. The van der Waals surface area contributed by atoms with Gasteiger partial charge in [-0.3, -0.25) is 9.78 Å². The number of phenols is 1. The maximum Gasteiger partial charge on any atom is 0.252 e. The molecule has 0 spiro atoms. The number of nitrogens with two attached hydrogens (primary N) is 1. The van der Waals surface area contributed by atoms with Crippen molar-refractivity contribution in [3.05, 3.63) is 83.7 Å². The van der Waals surface area contributed by atoms with E-state index in [1.54, 1.807) is 30.6 Å². The standard InChI is InChI=1S/C23H25N3O5S/c24-23(29)20-13-19(9-10-21(20)27)32(30,31)18-7-5-16(6-8-18)3-1-11-26-15-22(28)17-4-2-12-25-14-17/h2,4-10,12-14,22,26-28H,1,3,11,15H2,(H2,24,29)/t22-/m0/s1. The number of aliphatic hydroxyl groups is 1. The second-order valence-electron chi connectivity index (χ2n) is 7.30. The molecular formula is C23H25N3O5S. The number of rotatable bonds is 10. The largest absolute Gasteiger partial charge is 0.507 e. The molecule has 1 heterocycles. The number of carbonyl (C=O) groups is 1. The SMILES string of the molecule is NC(=O)c1cc(S(=O)(=O)c2ccc(CCCNC[C@H](O)c3cccnc3)cc2)ccc1O. The number of aliphatic hydroxyl groups excluding tert-OH is 1. The van der Waals surface area contributed by atoms with E-state index in [1.165, 1.54) is 18.2 Å². The van der Waals surface area contributed by atoms with Crippen LogP contribution in [0.25, 0.3) is 0 Å². The fraction of sp³-hybridized carbons (Fsp3) is 0.217. The van der Waals surface area contributed by atoms with Crippen molar-refractivity contribution in [3.8, 4) is 5.75 Å². The molecule has 1 atom stereocenters. The molecule has 9 heteroatoms. The van der Waals surface area contributed by atoms with Gasteiger partial charge in [0.05, 0.1) is 21.5 Å². The number of nitrogens with one attached hydrogen (secondary N) is 1. The van der Waals surface area contributed by atoms with Gasteiger partial charge in [-0.25, -0.2) is 8.42 Å². The first kappa shape index (κ1) is 23.4. The molecule has 2 aromatic carbocycles. The Morgan fingerprint density at radius 2 is 1.81 bits per heavy atom. The second-order valence-corrected chi connectivity index (χ2v) is 9.25. The van der Waals surface area contributed by atoms with Crippen molar-refractivity contribution in [2.45, 2.75) is 28.7 Å². The van der Waals surface area contributed by atoms with Crippen LogP contribution in [-0.2, 0) is 16.3 Å². The summed E-state index contributed by atoms with van der Waals surface area (Å²) in [5.74, 6) is -1.27. The minimum atomic E-state index is -3.86. The quantitative estimate of drug-likeness (QED) is 0.342. The molecule has 0 saturated heterocycles. The van der Waals surface area contributed by atoms with E-state index in [0.29, 0.717) is 13.1 Å². The van der Waals surface area contributed by atoms with Gasteiger partial charge < -0.3 is 21.3 Å². The summed E-state index contributed by atoms with van der Waals surface area (Å²) in [5, 5.41) is 23.0. The van der Waals surface area contributed by atoms with Crippen LogP contribution in [-0.4, -0.2) is 42.6 Å². The molecule has 0 aliphatic rings. The third kappa shape index (κ3) is 5.70. The summed E-state index contributed by atoms with van der Waals surface area (Å²) in [6.45, 7) is 1.11. The first-order valence-corrected chi connectivity index (χ1v) is 11.5. The average Bonchev–Trinajstić information content (AvgIpc) is 2.79. The van der Waals surface area contributed by atoms with Gasteiger partial charge in [0.2, 0.25) is 9.84 Å². The Morgan fingerprint density at radius 3 is 2.47 bits per heavy atom. The molecule has 0 unspecified atom stereocenters. The van der Waals surface area contributed by atoms with E-state index in [2.05, 4.69) is 10.3 Å². The van der Waals surface area contributed by atoms with Crippen molar-refractivity contribution in [1.29, 1.82) is 0 Å². The molecule has 3 aromatic rings. The molecule has 3 rings (SSSR count). The summed E-state index contributed by atoms with van der Waals surface area (Å²) in [6, 6.07) is 13.6. The number of sulfone groups is 1. The first-order valence-electron chi connectivity index (χ1n) is 10.0. The highest BCUT2D eigenvalue weighted by Crippen LogP contribution is 2.26. The minimum absolute atomic E-state index is 0.0834. The van der Waals surface area contributed by atoms with Gasteiger partial charge in [0, 0.05) is 24.5 Å². The zero-order valence-corrected chi connectivity index (χ0v) is 18.1. The summed E-state index contributed by atoms with van der Waals surface area (Å²) in [5.41, 5.74) is 6.67. The van der Waals surface area contributed by atoms with Crippen LogP contribution in [0.5, 0.6) is 5.75 Å². The molecule has 0 radical (unpaired) electrons. The van der Waals surface area contributed by atoms with Crippen molar-refractivity contribution < 1.29 is 23.4 Å². The number of aromatic nitrogens is 1. The van der Waals surface area contributed by atoms with E-state index in [1.807, 2.05) is 6.07 Å². The fourth-order valence-corrected chi connectivity index (χ4v) is 4.48. The van der Waals surface area contributed by atoms with Crippen LogP contribution >= 0.6 is 0 Å². The number of amides is 1. The zero-order valence-electron chi connectivity index (χ0n) is 17.3. The second kappa shape index (κ2) is 10.4. The number of nitrogens with zero attached hydrogens (tertiary/aromatic N) is 1. The lowest BCUT2D eigenvalue weighted by Gasteiger charge is -2.12. The van der Waals surface area contributed by atoms with Crippen molar-refractivity contribution >= 4 is 15.7 Å². The summed E-state index contributed by atoms with van der Waals surface area (Å²) in [6.07, 6.45) is 4.22. The van der Waals surface area contributed by atoms with Crippen LogP contribution < -0.4 is 11.1 Å². The third-order valence-corrected chi connectivity index (χ3v) is 6.77. The Hall–Kier alpha value is -3.27. The number of primary amides is 1. The molecule has 32 heavy (non-hydrogen) atoms. The molecule has 0 bridgehead atoms. The van der Waals surface area contributed by atoms with Gasteiger partial charge >= 0.3 is 0 Å². The molecule has 5 N–H and O–H groups in total. The Bertz CT molecular complexity index is 1170. The number of aryl methyl sites for hydroxylation is 1. The van der Waals surface area contributed by atoms with Crippen LogP contribution in [0.1, 0.15) is 34.0 Å². The van der Waals surface area contributed by atoms with Gasteiger partial charge in [0.15, 0.2) is 0 Å². The Labute approximate surface area is 186 Å². The van der Waals surface area contributed by atoms with E-state index in [-0.39, 0.29) is 21.1 Å². The highest BCUT2D eigenvalue weighted by molar-refractivity contribution is 7.91. The topological polar surface area (TPSA) is 143 Å². The van der Waals surface area contributed by atoms with Gasteiger partial charge in [0.25, 0.3) is 5.91 Å². The molecule has 0 aliphatic carbocycles. The van der Waals surface area contributed by atoms with Crippen molar-refractivity contribution in [2.75, 3.05) is 13.1 Å². The van der Waals surface area contributed by atoms with Crippen molar-refractivity contribution in [1.82, 2.24) is 10.3 Å². The number of carbonyl (C=O) groups excluding carboxylic acids is 1. The normalized spacial score (nSPS) is 12.4. The highest BCUT2D eigenvalue weighted by atomic mass is 32.2. The molecule has 1 amide bonds. The molecular weight excluding hydrogens is 430 g/mol. The van der Waals surface area contributed by atoms with E-state index in [4.69, 9.17) is 5.73 Å². The molecule has 0 fully saturated rings. The molecule has 8 nitrogen and oxygen atoms in total. The maximum atomic E-state index is 12.8. The number of hydrogen-bond acceptors (Lipinski definition) is 7. The van der Waals surface area contributed by atoms with Crippen LogP contribution in [0.2, 0.25) is 0 Å². The lowest BCUT2D eigenvalue weighted by atomic mass is 10.1. The van der Waals surface area contributed by atoms with Gasteiger partial charge in [0.1, 0.15) is 5.75 Å². The van der Waals surface area contributed by atoms with E-state index >= 15 is 0 Å². The van der Waals surface area contributed by atoms with Gasteiger partial charge in [-0.05, 0) is 61.3 Å². The monoisotopic (exact) mass is 455 g/mol. The predicted octanol–water partition coefficient (Wildman–Crippen LogP) is 1.97. The van der Waals surface area contributed by atoms with Crippen LogP contribution in [0.3, 0.4) is 0 Å². The first-order chi connectivity index (χ1) is 15.3. The predicted molar refractivity (Wildman–Crippen MR) is 119 cm³/mol.